The van der Waals surface area contributed by atoms with Crippen LogP contribution >= 0.6 is 0 Å². The lowest BCUT2D eigenvalue weighted by Gasteiger charge is -2.52. The maximum absolute atomic E-state index is 11.9. The number of rotatable bonds is 5. The first-order chi connectivity index (χ1) is 8.43. The lowest BCUT2D eigenvalue weighted by atomic mass is 9.86. The molecule has 5 heteroatoms. The minimum atomic E-state index is -0.271. The zero-order valence-electron chi connectivity index (χ0n) is 11.3. The number of ketones is 1. The highest BCUT2D eigenvalue weighted by atomic mass is 16.1. The Morgan fingerprint density at radius 1 is 1.28 bits per heavy atom. The molecule has 0 aromatic carbocycles. The van der Waals surface area contributed by atoms with E-state index < -0.39 is 0 Å². The lowest BCUT2D eigenvalue weighted by Crippen LogP contribution is -2.69. The van der Waals surface area contributed by atoms with Crippen molar-refractivity contribution >= 4 is 11.7 Å². The molecule has 0 atom stereocenters. The van der Waals surface area contributed by atoms with Gasteiger partial charge in [0, 0.05) is 24.5 Å². The second-order valence-corrected chi connectivity index (χ2v) is 5.98. The molecule has 18 heavy (non-hydrogen) atoms. The summed E-state index contributed by atoms with van der Waals surface area (Å²) < 4.78 is 0. The SMILES string of the molecule is CC(C)C(=O)CN1CCCC12CN(CC(N)=O)C2. The number of carbonyl (C=O) groups excluding carboxylic acids is 2. The van der Waals surface area contributed by atoms with Crippen molar-refractivity contribution in [3.8, 4) is 0 Å². The number of likely N-dealkylation sites (tertiary alicyclic amines) is 2. The average molecular weight is 253 g/mol. The topological polar surface area (TPSA) is 66.6 Å². The summed E-state index contributed by atoms with van der Waals surface area (Å²) >= 11 is 0. The van der Waals surface area contributed by atoms with Gasteiger partial charge in [-0.1, -0.05) is 13.8 Å². The minimum absolute atomic E-state index is 0.101. The number of nitrogens with zero attached hydrogens (tertiary/aromatic N) is 2. The molecule has 2 N–H and O–H groups in total. The Bertz CT molecular complexity index is 348. The molecule has 0 bridgehead atoms. The highest BCUT2D eigenvalue weighted by Gasteiger charge is 2.50. The molecule has 0 aromatic heterocycles. The number of amides is 1. The third kappa shape index (κ3) is 2.57. The summed E-state index contributed by atoms with van der Waals surface area (Å²) in [6, 6.07) is 0. The summed E-state index contributed by atoms with van der Waals surface area (Å²) in [6.07, 6.45) is 2.28. The summed E-state index contributed by atoms with van der Waals surface area (Å²) in [5.74, 6) is 0.140. The Morgan fingerprint density at radius 2 is 1.94 bits per heavy atom. The predicted molar refractivity (Wildman–Crippen MR) is 69.0 cm³/mol. The highest BCUT2D eigenvalue weighted by molar-refractivity contribution is 5.82. The summed E-state index contributed by atoms with van der Waals surface area (Å²) in [5, 5.41) is 0. The highest BCUT2D eigenvalue weighted by Crippen LogP contribution is 2.37. The van der Waals surface area contributed by atoms with E-state index in [1.807, 2.05) is 13.8 Å². The standard InChI is InChI=1S/C13H23N3O2/c1-10(2)11(17)6-16-5-3-4-13(16)8-15(9-13)7-12(14)18/h10H,3-9H2,1-2H3,(H2,14,18). The van der Waals surface area contributed by atoms with E-state index in [9.17, 15) is 9.59 Å². The Hall–Kier alpha value is -0.940. The van der Waals surface area contributed by atoms with E-state index in [0.717, 1.165) is 32.5 Å². The molecule has 2 aliphatic rings. The smallest absolute Gasteiger partial charge is 0.231 e. The molecule has 5 nitrogen and oxygen atoms in total. The van der Waals surface area contributed by atoms with Crippen molar-refractivity contribution in [1.82, 2.24) is 9.80 Å². The molecule has 0 aliphatic carbocycles. The van der Waals surface area contributed by atoms with Crippen LogP contribution in [0.5, 0.6) is 0 Å². The van der Waals surface area contributed by atoms with Crippen LogP contribution in [0, 0.1) is 5.92 Å². The number of hydrogen-bond donors (Lipinski definition) is 1. The van der Waals surface area contributed by atoms with Crippen molar-refractivity contribution in [2.45, 2.75) is 32.2 Å². The number of Topliss-reactive ketones (excluding diaryl/α,β-unsaturated/α-hetero) is 1. The van der Waals surface area contributed by atoms with E-state index in [2.05, 4.69) is 9.80 Å². The Labute approximate surface area is 108 Å². The van der Waals surface area contributed by atoms with Crippen LogP contribution in [0.15, 0.2) is 0 Å². The van der Waals surface area contributed by atoms with Gasteiger partial charge in [-0.2, -0.15) is 0 Å². The van der Waals surface area contributed by atoms with Gasteiger partial charge in [-0.05, 0) is 19.4 Å². The molecule has 2 rings (SSSR count). The maximum atomic E-state index is 11.9. The van der Waals surface area contributed by atoms with Gasteiger partial charge >= 0.3 is 0 Å². The molecule has 0 saturated carbocycles. The Kier molecular flexibility index (Phi) is 3.73. The summed E-state index contributed by atoms with van der Waals surface area (Å²) in [4.78, 5) is 27.1. The minimum Gasteiger partial charge on any atom is -0.369 e. The van der Waals surface area contributed by atoms with Crippen molar-refractivity contribution in [1.29, 1.82) is 0 Å². The molecule has 0 radical (unpaired) electrons. The molecule has 1 spiro atoms. The molecule has 2 saturated heterocycles. The first kappa shape index (κ1) is 13.5. The average Bonchev–Trinajstić information content (AvgIpc) is 2.60. The molecule has 2 fully saturated rings. The Balaban J connectivity index is 1.89. The van der Waals surface area contributed by atoms with Crippen LogP contribution in [-0.4, -0.2) is 59.8 Å². The first-order valence-corrected chi connectivity index (χ1v) is 6.71. The van der Waals surface area contributed by atoms with Gasteiger partial charge in [0.05, 0.1) is 13.1 Å². The largest absolute Gasteiger partial charge is 0.369 e. The van der Waals surface area contributed by atoms with Crippen LogP contribution in [0.4, 0.5) is 0 Å². The van der Waals surface area contributed by atoms with Crippen LogP contribution in [0.3, 0.4) is 0 Å². The van der Waals surface area contributed by atoms with Gasteiger partial charge < -0.3 is 5.73 Å². The van der Waals surface area contributed by atoms with Gasteiger partial charge in [0.2, 0.25) is 5.91 Å². The van der Waals surface area contributed by atoms with E-state index in [0.29, 0.717) is 18.9 Å². The molecule has 102 valence electrons. The fourth-order valence-electron chi connectivity index (χ4n) is 3.09. The molecular formula is C13H23N3O2. The van der Waals surface area contributed by atoms with Gasteiger partial charge in [0.25, 0.3) is 0 Å². The third-order valence-corrected chi connectivity index (χ3v) is 4.15. The number of primary amides is 1. The van der Waals surface area contributed by atoms with Crippen LogP contribution in [0.25, 0.3) is 0 Å². The number of hydrogen-bond acceptors (Lipinski definition) is 4. The fraction of sp³-hybridized carbons (Fsp3) is 0.846. The quantitative estimate of drug-likeness (QED) is 0.740. The van der Waals surface area contributed by atoms with E-state index >= 15 is 0 Å². The molecule has 0 unspecified atom stereocenters. The normalized spacial score (nSPS) is 23.5. The van der Waals surface area contributed by atoms with Crippen molar-refractivity contribution in [2.24, 2.45) is 11.7 Å². The van der Waals surface area contributed by atoms with Gasteiger partial charge in [-0.25, -0.2) is 0 Å². The fourth-order valence-corrected chi connectivity index (χ4v) is 3.09. The van der Waals surface area contributed by atoms with E-state index in [4.69, 9.17) is 5.73 Å². The zero-order valence-corrected chi connectivity index (χ0v) is 11.3. The second kappa shape index (κ2) is 4.97. The van der Waals surface area contributed by atoms with Gasteiger partial charge in [-0.15, -0.1) is 0 Å². The summed E-state index contributed by atoms with van der Waals surface area (Å²) in [6.45, 7) is 7.55. The van der Waals surface area contributed by atoms with Gasteiger partial charge in [0.15, 0.2) is 0 Å². The van der Waals surface area contributed by atoms with Gasteiger partial charge in [-0.3, -0.25) is 19.4 Å². The van der Waals surface area contributed by atoms with Crippen LogP contribution in [0.2, 0.25) is 0 Å². The molecule has 2 heterocycles. The van der Waals surface area contributed by atoms with Crippen molar-refractivity contribution < 1.29 is 9.59 Å². The predicted octanol–water partition coefficient (Wildman–Crippen LogP) is -0.153. The summed E-state index contributed by atoms with van der Waals surface area (Å²) in [5.41, 5.74) is 5.34. The van der Waals surface area contributed by atoms with Gasteiger partial charge in [0.1, 0.15) is 5.78 Å². The molecule has 1 amide bonds. The van der Waals surface area contributed by atoms with Crippen LogP contribution in [-0.2, 0) is 9.59 Å². The maximum Gasteiger partial charge on any atom is 0.231 e. The zero-order chi connectivity index (χ0) is 13.3. The summed E-state index contributed by atoms with van der Waals surface area (Å²) in [7, 11) is 0. The lowest BCUT2D eigenvalue weighted by molar-refractivity contribution is -0.129. The van der Waals surface area contributed by atoms with E-state index in [-0.39, 0.29) is 17.4 Å². The monoisotopic (exact) mass is 253 g/mol. The van der Waals surface area contributed by atoms with E-state index in [1.54, 1.807) is 0 Å². The van der Waals surface area contributed by atoms with Crippen LogP contribution < -0.4 is 5.73 Å². The second-order valence-electron chi connectivity index (χ2n) is 5.98. The number of nitrogens with two attached hydrogens (primary N) is 1. The third-order valence-electron chi connectivity index (χ3n) is 4.15. The molecule has 0 aromatic rings. The molecular weight excluding hydrogens is 230 g/mol. The van der Waals surface area contributed by atoms with Crippen LogP contribution in [0.1, 0.15) is 26.7 Å². The van der Waals surface area contributed by atoms with Crippen molar-refractivity contribution in [3.05, 3.63) is 0 Å². The van der Waals surface area contributed by atoms with Crippen molar-refractivity contribution in [3.63, 3.8) is 0 Å². The first-order valence-electron chi connectivity index (χ1n) is 6.71. The molecule has 2 aliphatic heterocycles. The van der Waals surface area contributed by atoms with Crippen molar-refractivity contribution in [2.75, 3.05) is 32.7 Å². The van der Waals surface area contributed by atoms with E-state index in [1.165, 1.54) is 0 Å². The Morgan fingerprint density at radius 3 is 2.50 bits per heavy atom. The number of carbonyl (C=O) groups is 2.